The number of aromatic nitrogens is 4. The third-order valence-electron chi connectivity index (χ3n) is 9.13. The number of hydrogen-bond acceptors (Lipinski definition) is 4. The molecule has 7 aromatic rings. The minimum Gasteiger partial charge on any atom is -0.509 e. The molecule has 4 aromatic carbocycles. The first-order valence-corrected chi connectivity index (χ1v) is 16.2. The number of nitrogens with zero attached hydrogens (tertiary/aromatic N) is 4. The summed E-state index contributed by atoms with van der Waals surface area (Å²) in [4.78, 5) is 4.70. The van der Waals surface area contributed by atoms with Gasteiger partial charge >= 0.3 is 20.4 Å². The summed E-state index contributed by atoms with van der Waals surface area (Å²) in [6, 6.07) is 31.7. The van der Waals surface area contributed by atoms with E-state index >= 15 is 0 Å². The summed E-state index contributed by atoms with van der Waals surface area (Å²) in [5.74, 6) is 2.97. The minimum absolute atomic E-state index is 0. The molecule has 0 atom stereocenters. The Morgan fingerprint density at radius 3 is 2.31 bits per heavy atom. The van der Waals surface area contributed by atoms with Crippen molar-refractivity contribution in [3.05, 3.63) is 125 Å². The molecule has 0 saturated carbocycles. The van der Waals surface area contributed by atoms with Gasteiger partial charge in [0.15, 0.2) is 0 Å². The standard InChI is InChI=1S/C41H38N4O2.Pd/c1-8-34-41(40-26(4)22-38(46-7)27(5)28(40)6)35(9-2)45(43-34)29-13-12-14-30(23-29)47-31-17-18-33-32-15-10-11-16-36(32)44(37(33)24-31)39-21-25(3)19-20-42-39;/h10-22H,8-9H2,1-7H3;/q-2;+2. The van der Waals surface area contributed by atoms with E-state index in [-0.39, 0.29) is 20.4 Å². The van der Waals surface area contributed by atoms with Crippen molar-refractivity contribution in [2.45, 2.75) is 54.4 Å². The molecule has 3 heterocycles. The maximum Gasteiger partial charge on any atom is 2.00 e. The Morgan fingerprint density at radius 2 is 1.56 bits per heavy atom. The van der Waals surface area contributed by atoms with Crippen LogP contribution in [0.1, 0.15) is 47.5 Å². The fourth-order valence-corrected chi connectivity index (χ4v) is 6.76. The molecule has 244 valence electrons. The van der Waals surface area contributed by atoms with Gasteiger partial charge in [0.05, 0.1) is 12.8 Å². The Labute approximate surface area is 296 Å². The largest absolute Gasteiger partial charge is 2.00 e. The van der Waals surface area contributed by atoms with Gasteiger partial charge in [0.1, 0.15) is 11.6 Å². The Bertz CT molecular complexity index is 2300. The van der Waals surface area contributed by atoms with E-state index in [2.05, 4.69) is 101 Å². The zero-order valence-electron chi connectivity index (χ0n) is 28.3. The van der Waals surface area contributed by atoms with Crippen molar-refractivity contribution in [2.24, 2.45) is 0 Å². The van der Waals surface area contributed by atoms with Crippen LogP contribution in [0, 0.1) is 39.8 Å². The molecule has 0 saturated heterocycles. The van der Waals surface area contributed by atoms with Gasteiger partial charge in [-0.2, -0.15) is 17.2 Å². The van der Waals surface area contributed by atoms with Gasteiger partial charge in [-0.05, 0) is 104 Å². The molecule has 0 radical (unpaired) electrons. The molecule has 3 aromatic heterocycles. The number of fused-ring (bicyclic) bond motifs is 3. The smallest absolute Gasteiger partial charge is 0.509 e. The molecule has 0 aliphatic carbocycles. The maximum atomic E-state index is 6.46. The van der Waals surface area contributed by atoms with Crippen molar-refractivity contribution >= 4 is 21.8 Å². The summed E-state index contributed by atoms with van der Waals surface area (Å²) in [6.45, 7) is 12.9. The zero-order valence-corrected chi connectivity index (χ0v) is 29.9. The molecule has 0 spiro atoms. The summed E-state index contributed by atoms with van der Waals surface area (Å²) in [5, 5.41) is 7.39. The van der Waals surface area contributed by atoms with Gasteiger partial charge in [-0.1, -0.05) is 37.6 Å². The van der Waals surface area contributed by atoms with Gasteiger partial charge in [-0.15, -0.1) is 35.7 Å². The predicted molar refractivity (Wildman–Crippen MR) is 190 cm³/mol. The first-order chi connectivity index (χ1) is 22.8. The van der Waals surface area contributed by atoms with Crippen molar-refractivity contribution < 1.29 is 29.9 Å². The number of methoxy groups -OCH3 is 1. The molecular weight excluding hydrogens is 687 g/mol. The Hall–Kier alpha value is -4.70. The molecule has 0 amide bonds. The van der Waals surface area contributed by atoms with Gasteiger partial charge in [0, 0.05) is 34.5 Å². The van der Waals surface area contributed by atoms with Crippen molar-refractivity contribution in [2.75, 3.05) is 7.11 Å². The van der Waals surface area contributed by atoms with E-state index < -0.39 is 0 Å². The van der Waals surface area contributed by atoms with E-state index in [1.807, 2.05) is 41.2 Å². The predicted octanol–water partition coefficient (Wildman–Crippen LogP) is 9.79. The van der Waals surface area contributed by atoms with Gasteiger partial charge in [0.2, 0.25) is 0 Å². The fourth-order valence-electron chi connectivity index (χ4n) is 6.76. The molecule has 0 aliphatic heterocycles. The van der Waals surface area contributed by atoms with E-state index in [1.54, 1.807) is 7.11 Å². The number of para-hydroxylation sites is 1. The second-order valence-electron chi connectivity index (χ2n) is 12.0. The normalized spacial score (nSPS) is 11.2. The van der Waals surface area contributed by atoms with Crippen molar-refractivity contribution in [1.29, 1.82) is 0 Å². The van der Waals surface area contributed by atoms with Crippen LogP contribution in [0.4, 0.5) is 0 Å². The monoisotopic (exact) mass is 724 g/mol. The van der Waals surface area contributed by atoms with E-state index in [4.69, 9.17) is 19.6 Å². The van der Waals surface area contributed by atoms with Crippen LogP contribution in [0.15, 0.2) is 79.0 Å². The molecular formula is C41H38N4O2Pd. The van der Waals surface area contributed by atoms with Crippen LogP contribution in [0.5, 0.6) is 17.2 Å². The third kappa shape index (κ3) is 5.62. The maximum absolute atomic E-state index is 6.46. The summed E-state index contributed by atoms with van der Waals surface area (Å²) >= 11 is 0. The van der Waals surface area contributed by atoms with Gasteiger partial charge in [-0.25, -0.2) is 4.98 Å². The van der Waals surface area contributed by atoms with Crippen LogP contribution in [-0.2, 0) is 33.3 Å². The molecule has 6 nitrogen and oxygen atoms in total. The van der Waals surface area contributed by atoms with Crippen LogP contribution in [0.25, 0.3) is 44.4 Å². The van der Waals surface area contributed by atoms with E-state index in [0.717, 1.165) is 74.4 Å². The van der Waals surface area contributed by atoms with Gasteiger partial charge in [0.25, 0.3) is 0 Å². The average molecular weight is 725 g/mol. The van der Waals surface area contributed by atoms with E-state index in [1.165, 1.54) is 22.3 Å². The van der Waals surface area contributed by atoms with Crippen molar-refractivity contribution in [1.82, 2.24) is 19.3 Å². The topological polar surface area (TPSA) is 54.1 Å². The number of aryl methyl sites for hydroxylation is 3. The quantitative estimate of drug-likeness (QED) is 0.116. The second kappa shape index (κ2) is 13.4. The molecule has 7 rings (SSSR count). The SMILES string of the molecule is CCc1nn(-c2[c-]c(Oc3[c-]c4c(cc3)c3ccccc3n4-c3cc(C)ccn3)ccc2)c(CC)c1-c1c(C)cc(OC)c(C)c1C.[Pd+2]. The molecule has 0 fully saturated rings. The fraction of sp³-hybridized carbons (Fsp3) is 0.220. The van der Waals surface area contributed by atoms with Crippen LogP contribution in [0.2, 0.25) is 0 Å². The number of benzene rings is 4. The van der Waals surface area contributed by atoms with E-state index in [9.17, 15) is 0 Å². The molecule has 0 bridgehead atoms. The second-order valence-corrected chi connectivity index (χ2v) is 12.0. The molecule has 0 unspecified atom stereocenters. The van der Waals surface area contributed by atoms with Crippen LogP contribution in [-0.4, -0.2) is 26.4 Å². The first kappa shape index (κ1) is 33.2. The summed E-state index contributed by atoms with van der Waals surface area (Å²) in [6.07, 6.45) is 3.47. The average Bonchev–Trinajstić information content (AvgIpc) is 3.62. The minimum atomic E-state index is 0. The Kier molecular flexibility index (Phi) is 9.29. The molecule has 0 N–H and O–H groups in total. The van der Waals surface area contributed by atoms with Crippen LogP contribution < -0.4 is 9.47 Å². The summed E-state index contributed by atoms with van der Waals surface area (Å²) in [5.41, 5.74) is 12.2. The van der Waals surface area contributed by atoms with Crippen LogP contribution in [0.3, 0.4) is 0 Å². The summed E-state index contributed by atoms with van der Waals surface area (Å²) in [7, 11) is 1.73. The Balaban J connectivity index is 0.00000401. The number of pyridine rings is 1. The van der Waals surface area contributed by atoms with Gasteiger partial charge in [-0.3, -0.25) is 4.68 Å². The number of rotatable bonds is 8. The number of ether oxygens (including phenoxy) is 2. The molecule has 48 heavy (non-hydrogen) atoms. The molecule has 7 heteroatoms. The zero-order chi connectivity index (χ0) is 32.8. The third-order valence-corrected chi connectivity index (χ3v) is 9.13. The molecule has 0 aliphatic rings. The first-order valence-electron chi connectivity index (χ1n) is 16.2. The summed E-state index contributed by atoms with van der Waals surface area (Å²) < 4.78 is 16.3. The van der Waals surface area contributed by atoms with Crippen molar-refractivity contribution in [3.8, 4) is 39.9 Å². The number of hydrogen-bond donors (Lipinski definition) is 0. The van der Waals surface area contributed by atoms with E-state index in [0.29, 0.717) is 11.5 Å². The van der Waals surface area contributed by atoms with Crippen LogP contribution >= 0.6 is 0 Å². The Morgan fingerprint density at radius 1 is 0.771 bits per heavy atom. The van der Waals surface area contributed by atoms with Gasteiger partial charge < -0.3 is 14.0 Å². The van der Waals surface area contributed by atoms with Crippen molar-refractivity contribution in [3.63, 3.8) is 0 Å².